The van der Waals surface area contributed by atoms with Crippen LogP contribution < -0.4 is 10.1 Å². The van der Waals surface area contributed by atoms with E-state index in [1.807, 2.05) is 43.3 Å². The molecule has 1 atom stereocenters. The van der Waals surface area contributed by atoms with Gasteiger partial charge in [-0.05, 0) is 18.6 Å². The van der Waals surface area contributed by atoms with Crippen molar-refractivity contribution in [3.8, 4) is 5.88 Å². The summed E-state index contributed by atoms with van der Waals surface area (Å²) < 4.78 is 15.5. The van der Waals surface area contributed by atoms with E-state index < -0.39 is 6.16 Å². The molecular weight excluding hydrogens is 308 g/mol. The Kier molecular flexibility index (Phi) is 4.37. The Morgan fingerprint density at radius 1 is 1.17 bits per heavy atom. The first-order chi connectivity index (χ1) is 11.7. The third kappa shape index (κ3) is 2.78. The molecule has 24 heavy (non-hydrogen) atoms. The van der Waals surface area contributed by atoms with E-state index in [0.29, 0.717) is 11.6 Å². The Labute approximate surface area is 140 Å². The van der Waals surface area contributed by atoms with Crippen molar-refractivity contribution in [2.45, 2.75) is 12.8 Å². The molecule has 0 fully saturated rings. The highest BCUT2D eigenvalue weighted by Crippen LogP contribution is 2.45. The van der Waals surface area contributed by atoms with Crippen molar-refractivity contribution in [2.75, 3.05) is 19.5 Å². The van der Waals surface area contributed by atoms with Crippen LogP contribution in [0.2, 0.25) is 0 Å². The van der Waals surface area contributed by atoms with Gasteiger partial charge in [-0.3, -0.25) is 0 Å². The maximum atomic E-state index is 11.7. The molecule has 6 heteroatoms. The highest BCUT2D eigenvalue weighted by molar-refractivity contribution is 5.70. The lowest BCUT2D eigenvalue weighted by Gasteiger charge is -2.30. The first-order valence-corrected chi connectivity index (χ1v) is 7.47. The van der Waals surface area contributed by atoms with Crippen molar-refractivity contribution in [3.05, 3.63) is 65.2 Å². The molecule has 0 spiro atoms. The summed E-state index contributed by atoms with van der Waals surface area (Å²) in [4.78, 5) is 16.0. The lowest BCUT2D eigenvalue weighted by molar-refractivity contribution is 0.0928. The number of methoxy groups -OCH3 is 2. The second kappa shape index (κ2) is 6.62. The Bertz CT molecular complexity index is 787. The van der Waals surface area contributed by atoms with E-state index in [2.05, 4.69) is 15.0 Å². The number of nitrogens with zero attached hydrogens (tertiary/aromatic N) is 1. The van der Waals surface area contributed by atoms with Gasteiger partial charge in [0, 0.05) is 11.9 Å². The van der Waals surface area contributed by atoms with Gasteiger partial charge in [0.2, 0.25) is 5.88 Å². The predicted molar refractivity (Wildman–Crippen MR) is 88.9 cm³/mol. The number of hydrogen-bond donors (Lipinski definition) is 1. The predicted octanol–water partition coefficient (Wildman–Crippen LogP) is 3.66. The van der Waals surface area contributed by atoms with Crippen LogP contribution in [0.4, 0.5) is 10.5 Å². The van der Waals surface area contributed by atoms with E-state index >= 15 is 0 Å². The first-order valence-electron chi connectivity index (χ1n) is 7.47. The third-order valence-electron chi connectivity index (χ3n) is 3.88. The van der Waals surface area contributed by atoms with Crippen LogP contribution in [0.5, 0.6) is 5.88 Å². The van der Waals surface area contributed by atoms with Crippen LogP contribution in [0, 0.1) is 0 Å². The lowest BCUT2D eigenvalue weighted by Crippen LogP contribution is -2.22. The van der Waals surface area contributed by atoms with Crippen molar-refractivity contribution in [1.29, 1.82) is 0 Å². The molecule has 0 radical (unpaired) electrons. The number of anilines is 1. The Morgan fingerprint density at radius 2 is 1.92 bits per heavy atom. The minimum Gasteiger partial charge on any atom is -0.481 e. The highest BCUT2D eigenvalue weighted by atomic mass is 16.7. The van der Waals surface area contributed by atoms with Crippen molar-refractivity contribution >= 4 is 11.8 Å². The number of ether oxygens (including phenoxy) is 3. The SMILES string of the molecule is COC(=O)OC1=C(C)Nc2ccnc(OC)c2C1c1ccccc1. The van der Waals surface area contributed by atoms with Crippen LogP contribution in [0.1, 0.15) is 24.0 Å². The zero-order valence-corrected chi connectivity index (χ0v) is 13.7. The third-order valence-corrected chi connectivity index (χ3v) is 3.88. The van der Waals surface area contributed by atoms with Crippen LogP contribution in [-0.4, -0.2) is 25.4 Å². The van der Waals surface area contributed by atoms with Crippen LogP contribution in [0.15, 0.2) is 54.1 Å². The van der Waals surface area contributed by atoms with E-state index in [4.69, 9.17) is 9.47 Å². The summed E-state index contributed by atoms with van der Waals surface area (Å²) in [6.45, 7) is 1.85. The zero-order chi connectivity index (χ0) is 17.1. The van der Waals surface area contributed by atoms with E-state index in [-0.39, 0.29) is 5.92 Å². The fraction of sp³-hybridized carbons (Fsp3) is 0.222. The van der Waals surface area contributed by atoms with Gasteiger partial charge in [-0.2, -0.15) is 0 Å². The molecule has 2 heterocycles. The summed E-state index contributed by atoms with van der Waals surface area (Å²) in [5.74, 6) is 0.615. The summed E-state index contributed by atoms with van der Waals surface area (Å²) in [7, 11) is 2.85. The quantitative estimate of drug-likeness (QED) is 0.868. The molecule has 1 aliphatic heterocycles. The van der Waals surface area contributed by atoms with E-state index in [0.717, 1.165) is 22.5 Å². The minimum absolute atomic E-state index is 0.329. The van der Waals surface area contributed by atoms with E-state index in [1.165, 1.54) is 7.11 Å². The topological polar surface area (TPSA) is 69.7 Å². The van der Waals surface area contributed by atoms with Crippen LogP contribution in [0.3, 0.4) is 0 Å². The fourth-order valence-corrected chi connectivity index (χ4v) is 2.85. The minimum atomic E-state index is -0.765. The first kappa shape index (κ1) is 15.9. The molecule has 6 nitrogen and oxygen atoms in total. The average molecular weight is 326 g/mol. The normalized spacial score (nSPS) is 16.0. The fourth-order valence-electron chi connectivity index (χ4n) is 2.85. The molecule has 2 aromatic rings. The van der Waals surface area contributed by atoms with Crippen molar-refractivity contribution in [1.82, 2.24) is 4.98 Å². The number of carbonyl (C=O) groups excluding carboxylic acids is 1. The molecule has 3 rings (SSSR count). The van der Waals surface area contributed by atoms with Gasteiger partial charge < -0.3 is 19.5 Å². The molecule has 1 unspecified atom stereocenters. The maximum Gasteiger partial charge on any atom is 0.513 e. The van der Waals surface area contributed by atoms with E-state index in [1.54, 1.807) is 13.3 Å². The van der Waals surface area contributed by atoms with Crippen molar-refractivity contribution < 1.29 is 19.0 Å². The van der Waals surface area contributed by atoms with Gasteiger partial charge >= 0.3 is 6.16 Å². The van der Waals surface area contributed by atoms with Gasteiger partial charge in [0.05, 0.1) is 31.4 Å². The smallest absolute Gasteiger partial charge is 0.481 e. The summed E-state index contributed by atoms with van der Waals surface area (Å²) in [6.07, 6.45) is 0.907. The summed E-state index contributed by atoms with van der Waals surface area (Å²) in [5.41, 5.74) is 3.38. The van der Waals surface area contributed by atoms with Gasteiger partial charge in [0.15, 0.2) is 0 Å². The zero-order valence-electron chi connectivity index (χ0n) is 13.7. The molecule has 1 N–H and O–H groups in total. The molecule has 0 saturated heterocycles. The second-order valence-corrected chi connectivity index (χ2v) is 5.30. The number of pyridine rings is 1. The molecule has 1 aliphatic rings. The number of carbonyl (C=O) groups is 1. The number of aromatic nitrogens is 1. The summed E-state index contributed by atoms with van der Waals surface area (Å²) in [6, 6.07) is 11.6. The van der Waals surface area contributed by atoms with Crippen LogP contribution >= 0.6 is 0 Å². The van der Waals surface area contributed by atoms with Gasteiger partial charge in [-0.1, -0.05) is 30.3 Å². The Morgan fingerprint density at radius 3 is 2.58 bits per heavy atom. The van der Waals surface area contributed by atoms with Crippen LogP contribution in [-0.2, 0) is 9.47 Å². The maximum absolute atomic E-state index is 11.7. The molecule has 124 valence electrons. The Balaban J connectivity index is 2.19. The summed E-state index contributed by atoms with van der Waals surface area (Å²) in [5, 5.41) is 3.24. The molecule has 1 aromatic carbocycles. The van der Waals surface area contributed by atoms with Crippen molar-refractivity contribution in [2.24, 2.45) is 0 Å². The van der Waals surface area contributed by atoms with Gasteiger partial charge in [-0.25, -0.2) is 9.78 Å². The number of fused-ring (bicyclic) bond motifs is 1. The van der Waals surface area contributed by atoms with Crippen molar-refractivity contribution in [3.63, 3.8) is 0 Å². The molecule has 0 saturated carbocycles. The number of rotatable bonds is 3. The van der Waals surface area contributed by atoms with Crippen LogP contribution in [0.25, 0.3) is 0 Å². The number of nitrogens with one attached hydrogen (secondary N) is 1. The number of hydrogen-bond acceptors (Lipinski definition) is 6. The summed E-state index contributed by atoms with van der Waals surface area (Å²) >= 11 is 0. The largest absolute Gasteiger partial charge is 0.513 e. The Hall–Kier alpha value is -3.02. The number of allylic oxidation sites excluding steroid dienone is 2. The number of benzene rings is 1. The van der Waals surface area contributed by atoms with Gasteiger partial charge in [-0.15, -0.1) is 0 Å². The lowest BCUT2D eigenvalue weighted by atomic mass is 9.86. The molecule has 0 aliphatic carbocycles. The molecule has 1 aromatic heterocycles. The molecule has 0 amide bonds. The van der Waals surface area contributed by atoms with E-state index in [9.17, 15) is 4.79 Å². The monoisotopic (exact) mass is 326 g/mol. The average Bonchev–Trinajstić information content (AvgIpc) is 2.62. The molecule has 0 bridgehead atoms. The second-order valence-electron chi connectivity index (χ2n) is 5.30. The molecular formula is C18H18N2O4. The van der Waals surface area contributed by atoms with Gasteiger partial charge in [0.25, 0.3) is 0 Å². The van der Waals surface area contributed by atoms with Gasteiger partial charge in [0.1, 0.15) is 5.76 Å². The standard InChI is InChI=1S/C18H18N2O4/c1-11-16(24-18(21)23-3)14(12-7-5-4-6-8-12)15-13(20-11)9-10-19-17(15)22-2/h4-10,14,20H,1-3H3. The highest BCUT2D eigenvalue weighted by Gasteiger charge is 2.34.